The van der Waals surface area contributed by atoms with Gasteiger partial charge in [0.15, 0.2) is 0 Å². The van der Waals surface area contributed by atoms with Gasteiger partial charge in [-0.1, -0.05) is 28.2 Å². The van der Waals surface area contributed by atoms with Crippen molar-refractivity contribution < 1.29 is 34.2 Å². The molecule has 4 atom stereocenters. The van der Waals surface area contributed by atoms with Crippen LogP contribution in [-0.2, 0) is 24.0 Å². The van der Waals surface area contributed by atoms with Crippen LogP contribution in [0.5, 0.6) is 0 Å². The molecule has 0 aromatic carbocycles. The van der Waals surface area contributed by atoms with E-state index in [-0.39, 0.29) is 43.4 Å². The second-order valence-electron chi connectivity index (χ2n) is 7.27. The lowest BCUT2D eigenvalue weighted by atomic mass is 10.1. The molecular formula is C19H33N5O7S2. The van der Waals surface area contributed by atoms with Crippen LogP contribution in [0.2, 0.25) is 0 Å². The Morgan fingerprint density at radius 2 is 1.67 bits per heavy atom. The number of rotatable bonds is 19. The predicted molar refractivity (Wildman–Crippen MR) is 127 cm³/mol. The fourth-order valence-electron chi connectivity index (χ4n) is 2.26. The number of carboxylic acid groups (broad SMARTS) is 2. The third kappa shape index (κ3) is 16.0. The number of carbonyl (C=O) groups is 5. The molecule has 2 amide bonds. The fraction of sp³-hybridized carbons (Fsp3) is 0.632. The summed E-state index contributed by atoms with van der Waals surface area (Å²) in [5.74, 6) is -2.29. The van der Waals surface area contributed by atoms with Gasteiger partial charge >= 0.3 is 11.9 Å². The lowest BCUT2D eigenvalue weighted by Crippen LogP contribution is -2.46. The molecule has 0 bridgehead atoms. The monoisotopic (exact) mass is 507 g/mol. The van der Waals surface area contributed by atoms with Crippen molar-refractivity contribution in [2.75, 3.05) is 18.1 Å². The smallest absolute Gasteiger partial charge is 0.322 e. The van der Waals surface area contributed by atoms with Gasteiger partial charge < -0.3 is 42.4 Å². The van der Waals surface area contributed by atoms with Gasteiger partial charge in [0.2, 0.25) is 11.8 Å². The van der Waals surface area contributed by atoms with E-state index >= 15 is 0 Å². The van der Waals surface area contributed by atoms with Crippen LogP contribution < -0.4 is 27.4 Å². The van der Waals surface area contributed by atoms with Gasteiger partial charge in [-0.15, -0.1) is 0 Å². The van der Waals surface area contributed by atoms with Gasteiger partial charge in [0, 0.05) is 29.7 Å². The number of carboxylic acids is 2. The van der Waals surface area contributed by atoms with Crippen molar-refractivity contribution in [2.45, 2.75) is 56.8 Å². The van der Waals surface area contributed by atoms with Crippen LogP contribution >= 0.6 is 21.6 Å². The zero-order chi connectivity index (χ0) is 25.4. The topological polar surface area (TPSA) is 214 Å². The molecule has 188 valence electrons. The predicted octanol–water partition coefficient (Wildman–Crippen LogP) is -0.956. The molecule has 0 rings (SSSR count). The van der Waals surface area contributed by atoms with Gasteiger partial charge in [0.25, 0.3) is 0 Å². The standard InChI is InChI=1S/C19H33N5O7S2/c1-11(3-5-14(21)19(30)31)23-15(18(29)22-7-17(27)28)10-33-32-9-12(2)24-16(26)6-4-13(20)8-25/h8,12-15,23H,1,3-7,9-10,20-21H2,2H3,(H,22,29)(H,24,26)(H,27,28)(H,30,31). The van der Waals surface area contributed by atoms with Crippen molar-refractivity contribution in [2.24, 2.45) is 11.5 Å². The first-order valence-corrected chi connectivity index (χ1v) is 12.6. The molecule has 0 heterocycles. The second-order valence-corrected chi connectivity index (χ2v) is 9.82. The van der Waals surface area contributed by atoms with Crippen LogP contribution in [0, 0.1) is 0 Å². The van der Waals surface area contributed by atoms with Crippen molar-refractivity contribution in [3.8, 4) is 0 Å². The molecule has 0 spiro atoms. The molecule has 0 aliphatic heterocycles. The molecule has 0 saturated carbocycles. The van der Waals surface area contributed by atoms with E-state index in [1.807, 2.05) is 6.92 Å². The van der Waals surface area contributed by atoms with Crippen LogP contribution in [0.3, 0.4) is 0 Å². The van der Waals surface area contributed by atoms with Gasteiger partial charge in [0.1, 0.15) is 24.9 Å². The zero-order valence-electron chi connectivity index (χ0n) is 18.5. The third-order valence-corrected chi connectivity index (χ3v) is 6.69. The van der Waals surface area contributed by atoms with E-state index in [0.29, 0.717) is 17.7 Å². The summed E-state index contributed by atoms with van der Waals surface area (Å²) in [5, 5.41) is 25.6. The molecule has 0 aliphatic carbocycles. The summed E-state index contributed by atoms with van der Waals surface area (Å²) < 4.78 is 0. The molecular weight excluding hydrogens is 474 g/mol. The zero-order valence-corrected chi connectivity index (χ0v) is 20.1. The first-order valence-electron chi connectivity index (χ1n) is 10.1. The Morgan fingerprint density at radius 1 is 1.03 bits per heavy atom. The first-order chi connectivity index (χ1) is 15.5. The lowest BCUT2D eigenvalue weighted by Gasteiger charge is -2.21. The van der Waals surface area contributed by atoms with Gasteiger partial charge in [-0.2, -0.15) is 0 Å². The van der Waals surface area contributed by atoms with E-state index in [2.05, 4.69) is 22.5 Å². The SMILES string of the molecule is C=C(CCC(N)C(=O)O)NC(CSSCC(C)NC(=O)CCC(N)C=O)C(=O)NCC(=O)O. The summed E-state index contributed by atoms with van der Waals surface area (Å²) in [7, 11) is 2.75. The van der Waals surface area contributed by atoms with Crippen molar-refractivity contribution in [3.05, 3.63) is 12.3 Å². The van der Waals surface area contributed by atoms with E-state index in [9.17, 15) is 24.0 Å². The minimum absolute atomic E-state index is 0.126. The third-order valence-electron chi connectivity index (χ3n) is 4.11. The van der Waals surface area contributed by atoms with Gasteiger partial charge in [-0.3, -0.25) is 19.2 Å². The van der Waals surface area contributed by atoms with Crippen LogP contribution in [0.15, 0.2) is 12.3 Å². The number of allylic oxidation sites excluding steroid dienone is 1. The average Bonchev–Trinajstić information content (AvgIpc) is 2.75. The molecule has 0 fully saturated rings. The molecule has 14 heteroatoms. The molecule has 0 aromatic rings. The molecule has 0 saturated heterocycles. The maximum absolute atomic E-state index is 12.3. The Morgan fingerprint density at radius 3 is 2.24 bits per heavy atom. The highest BCUT2D eigenvalue weighted by Crippen LogP contribution is 2.23. The summed E-state index contributed by atoms with van der Waals surface area (Å²) in [4.78, 5) is 56.2. The molecule has 0 aromatic heterocycles. The normalized spacial score (nSPS) is 14.3. The fourth-order valence-corrected chi connectivity index (χ4v) is 4.71. The summed E-state index contributed by atoms with van der Waals surface area (Å²) in [6, 6.07) is -2.69. The van der Waals surface area contributed by atoms with Crippen molar-refractivity contribution in [1.82, 2.24) is 16.0 Å². The van der Waals surface area contributed by atoms with Crippen molar-refractivity contribution in [1.29, 1.82) is 0 Å². The molecule has 12 nitrogen and oxygen atoms in total. The van der Waals surface area contributed by atoms with Crippen LogP contribution in [-0.4, -0.2) is 82.5 Å². The van der Waals surface area contributed by atoms with E-state index in [4.69, 9.17) is 21.7 Å². The number of aliphatic carboxylic acids is 2. The van der Waals surface area contributed by atoms with Crippen molar-refractivity contribution >= 4 is 51.6 Å². The quantitative estimate of drug-likeness (QED) is 0.0639. The van der Waals surface area contributed by atoms with E-state index < -0.39 is 42.5 Å². The highest BCUT2D eigenvalue weighted by molar-refractivity contribution is 8.76. The minimum Gasteiger partial charge on any atom is -0.480 e. The van der Waals surface area contributed by atoms with Crippen molar-refractivity contribution in [3.63, 3.8) is 0 Å². The minimum atomic E-state index is -1.19. The Bertz CT molecular complexity index is 695. The average molecular weight is 508 g/mol. The summed E-state index contributed by atoms with van der Waals surface area (Å²) in [6.45, 7) is 5.05. The summed E-state index contributed by atoms with van der Waals surface area (Å²) in [6.07, 6.45) is 1.36. The number of amides is 2. The lowest BCUT2D eigenvalue weighted by molar-refractivity contribution is -0.139. The Kier molecular flexibility index (Phi) is 16.0. The maximum Gasteiger partial charge on any atom is 0.322 e. The van der Waals surface area contributed by atoms with Crippen LogP contribution in [0.1, 0.15) is 32.6 Å². The Balaban J connectivity index is 4.55. The Hall–Kier alpha value is -2.29. The van der Waals surface area contributed by atoms with E-state index in [1.54, 1.807) is 0 Å². The highest BCUT2D eigenvalue weighted by atomic mass is 33.1. The van der Waals surface area contributed by atoms with E-state index in [1.165, 1.54) is 21.6 Å². The van der Waals surface area contributed by atoms with Gasteiger partial charge in [0.05, 0.1) is 6.04 Å². The molecule has 33 heavy (non-hydrogen) atoms. The highest BCUT2D eigenvalue weighted by Gasteiger charge is 2.21. The number of carbonyl (C=O) groups excluding carboxylic acids is 3. The number of hydrogen-bond acceptors (Lipinski definition) is 10. The van der Waals surface area contributed by atoms with E-state index in [0.717, 1.165) is 0 Å². The molecule has 9 N–H and O–H groups in total. The van der Waals surface area contributed by atoms with Crippen LogP contribution in [0.4, 0.5) is 0 Å². The molecule has 4 unspecified atom stereocenters. The van der Waals surface area contributed by atoms with Crippen LogP contribution in [0.25, 0.3) is 0 Å². The molecule has 0 aliphatic rings. The van der Waals surface area contributed by atoms with Gasteiger partial charge in [-0.25, -0.2) is 0 Å². The summed E-state index contributed by atoms with van der Waals surface area (Å²) >= 11 is 0. The largest absolute Gasteiger partial charge is 0.480 e. The maximum atomic E-state index is 12.3. The van der Waals surface area contributed by atoms with Gasteiger partial charge in [-0.05, 0) is 26.2 Å². The number of aldehydes is 1. The molecule has 0 radical (unpaired) electrons. The Labute approximate surface area is 200 Å². The number of nitrogens with one attached hydrogen (secondary N) is 3. The number of hydrogen-bond donors (Lipinski definition) is 7. The summed E-state index contributed by atoms with van der Waals surface area (Å²) in [5.41, 5.74) is 11.3. The number of nitrogens with two attached hydrogens (primary N) is 2. The second kappa shape index (κ2) is 17.2. The first kappa shape index (κ1) is 30.7.